The average Bonchev–Trinajstić information content (AvgIpc) is 3.26. The lowest BCUT2D eigenvalue weighted by molar-refractivity contribution is -0.113. The highest BCUT2D eigenvalue weighted by atomic mass is 35.5. The predicted molar refractivity (Wildman–Crippen MR) is 104 cm³/mol. The van der Waals surface area contributed by atoms with Gasteiger partial charge < -0.3 is 14.6 Å². The van der Waals surface area contributed by atoms with E-state index in [9.17, 15) is 4.79 Å². The summed E-state index contributed by atoms with van der Waals surface area (Å²) in [6.07, 6.45) is 3.16. The van der Waals surface area contributed by atoms with E-state index in [0.717, 1.165) is 54.6 Å². The number of ether oxygens (including phenoxy) is 1. The molecule has 1 fully saturated rings. The van der Waals surface area contributed by atoms with E-state index in [2.05, 4.69) is 27.0 Å². The standard InChI is InChI=1S/C18H23ClN4O2S/c1-3-16-21-22-18(23(16)10-14-5-4-8-25-14)26-11-17(24)20-15-9-13(19)7-6-12(15)2/h6-7,9,14H,3-5,8,10-11H2,1-2H3,(H,20,24). The smallest absolute Gasteiger partial charge is 0.234 e. The highest BCUT2D eigenvalue weighted by Crippen LogP contribution is 2.23. The van der Waals surface area contributed by atoms with Crippen molar-refractivity contribution in [1.29, 1.82) is 0 Å². The second-order valence-corrected chi connectivity index (χ2v) is 7.67. The Balaban J connectivity index is 1.62. The van der Waals surface area contributed by atoms with Crippen LogP contribution in [0.1, 0.15) is 31.2 Å². The Bertz CT molecular complexity index is 775. The summed E-state index contributed by atoms with van der Waals surface area (Å²) in [7, 11) is 0. The number of nitrogens with zero attached hydrogens (tertiary/aromatic N) is 3. The summed E-state index contributed by atoms with van der Waals surface area (Å²) >= 11 is 7.40. The fraction of sp³-hybridized carbons (Fsp3) is 0.500. The van der Waals surface area contributed by atoms with Crippen LogP contribution in [0.4, 0.5) is 5.69 Å². The van der Waals surface area contributed by atoms with Crippen molar-refractivity contribution in [3.8, 4) is 0 Å². The van der Waals surface area contributed by atoms with Crippen molar-refractivity contribution in [2.24, 2.45) is 0 Å². The van der Waals surface area contributed by atoms with Crippen molar-refractivity contribution >= 4 is 35.0 Å². The van der Waals surface area contributed by atoms with Gasteiger partial charge in [0.25, 0.3) is 0 Å². The first-order valence-corrected chi connectivity index (χ1v) is 10.2. The largest absolute Gasteiger partial charge is 0.376 e. The zero-order chi connectivity index (χ0) is 18.5. The van der Waals surface area contributed by atoms with Crippen LogP contribution in [0.3, 0.4) is 0 Å². The molecular weight excluding hydrogens is 372 g/mol. The van der Waals surface area contributed by atoms with E-state index in [1.807, 2.05) is 13.0 Å². The molecule has 0 spiro atoms. The number of carbonyl (C=O) groups is 1. The van der Waals surface area contributed by atoms with Gasteiger partial charge in [0.05, 0.1) is 18.4 Å². The van der Waals surface area contributed by atoms with Crippen molar-refractivity contribution in [3.63, 3.8) is 0 Å². The van der Waals surface area contributed by atoms with E-state index in [0.29, 0.717) is 5.02 Å². The van der Waals surface area contributed by atoms with Crippen LogP contribution in [0.15, 0.2) is 23.4 Å². The van der Waals surface area contributed by atoms with E-state index in [1.165, 1.54) is 11.8 Å². The number of hydrogen-bond acceptors (Lipinski definition) is 5. The number of carbonyl (C=O) groups excluding carboxylic acids is 1. The molecule has 8 heteroatoms. The Labute approximate surface area is 162 Å². The summed E-state index contributed by atoms with van der Waals surface area (Å²) in [5.41, 5.74) is 1.71. The molecule has 2 aromatic rings. The van der Waals surface area contributed by atoms with Gasteiger partial charge in [0.2, 0.25) is 5.91 Å². The van der Waals surface area contributed by atoms with Crippen LogP contribution >= 0.6 is 23.4 Å². The molecule has 1 N–H and O–H groups in total. The van der Waals surface area contributed by atoms with Crippen LogP contribution in [0, 0.1) is 6.92 Å². The second-order valence-electron chi connectivity index (χ2n) is 6.29. The highest BCUT2D eigenvalue weighted by molar-refractivity contribution is 7.99. The van der Waals surface area contributed by atoms with Crippen LogP contribution in [-0.4, -0.2) is 39.1 Å². The molecule has 1 saturated heterocycles. The minimum absolute atomic E-state index is 0.0925. The third kappa shape index (κ3) is 4.78. The second kappa shape index (κ2) is 8.88. The summed E-state index contributed by atoms with van der Waals surface area (Å²) in [5, 5.41) is 12.8. The molecule has 0 radical (unpaired) electrons. The Kier molecular flexibility index (Phi) is 6.56. The molecule has 6 nitrogen and oxygen atoms in total. The number of thioether (sulfide) groups is 1. The topological polar surface area (TPSA) is 69.0 Å². The van der Waals surface area contributed by atoms with Gasteiger partial charge in [0.1, 0.15) is 5.82 Å². The molecule has 0 aliphatic carbocycles. The minimum Gasteiger partial charge on any atom is -0.376 e. The first-order valence-electron chi connectivity index (χ1n) is 8.79. The van der Waals surface area contributed by atoms with Crippen LogP contribution < -0.4 is 5.32 Å². The molecule has 0 bridgehead atoms. The van der Waals surface area contributed by atoms with Gasteiger partial charge in [-0.3, -0.25) is 4.79 Å². The summed E-state index contributed by atoms with van der Waals surface area (Å²) in [4.78, 5) is 12.3. The maximum Gasteiger partial charge on any atom is 0.234 e. The molecule has 1 aromatic heterocycles. The normalized spacial score (nSPS) is 16.8. The molecule has 1 amide bonds. The summed E-state index contributed by atoms with van der Waals surface area (Å²) in [6, 6.07) is 5.45. The molecule has 26 heavy (non-hydrogen) atoms. The number of aryl methyl sites for hydroxylation is 2. The average molecular weight is 395 g/mol. The predicted octanol–water partition coefficient (Wildman–Crippen LogP) is 3.71. The summed E-state index contributed by atoms with van der Waals surface area (Å²) in [6.45, 7) is 5.55. The SMILES string of the molecule is CCc1nnc(SCC(=O)Nc2cc(Cl)ccc2C)n1CC1CCCO1. The fourth-order valence-corrected chi connectivity index (χ4v) is 3.85. The van der Waals surface area contributed by atoms with Gasteiger partial charge in [-0.1, -0.05) is 36.4 Å². The Morgan fingerprint density at radius 2 is 2.31 bits per heavy atom. The number of amides is 1. The molecule has 1 aliphatic rings. The molecule has 2 heterocycles. The van der Waals surface area contributed by atoms with Gasteiger partial charge >= 0.3 is 0 Å². The number of nitrogens with one attached hydrogen (secondary N) is 1. The molecule has 1 aliphatic heterocycles. The number of halogens is 1. The van der Waals surface area contributed by atoms with Gasteiger partial charge in [-0.25, -0.2) is 0 Å². The minimum atomic E-state index is -0.0925. The molecule has 1 aromatic carbocycles. The van der Waals surface area contributed by atoms with Gasteiger partial charge in [0, 0.05) is 23.7 Å². The van der Waals surface area contributed by atoms with Crippen LogP contribution in [0.25, 0.3) is 0 Å². The quantitative estimate of drug-likeness (QED) is 0.725. The maximum absolute atomic E-state index is 12.3. The molecule has 1 unspecified atom stereocenters. The highest BCUT2D eigenvalue weighted by Gasteiger charge is 2.21. The third-order valence-corrected chi connectivity index (χ3v) is 5.53. The summed E-state index contributed by atoms with van der Waals surface area (Å²) in [5.74, 6) is 1.10. The lowest BCUT2D eigenvalue weighted by atomic mass is 10.2. The lowest BCUT2D eigenvalue weighted by Crippen LogP contribution is -2.19. The van der Waals surface area contributed by atoms with E-state index in [1.54, 1.807) is 12.1 Å². The van der Waals surface area contributed by atoms with E-state index in [-0.39, 0.29) is 17.8 Å². The number of rotatable bonds is 7. The van der Waals surface area contributed by atoms with Crippen LogP contribution in [-0.2, 0) is 22.5 Å². The van der Waals surface area contributed by atoms with E-state index < -0.39 is 0 Å². The van der Waals surface area contributed by atoms with Gasteiger partial charge in [-0.15, -0.1) is 10.2 Å². The Morgan fingerprint density at radius 1 is 1.46 bits per heavy atom. The van der Waals surface area contributed by atoms with Gasteiger partial charge in [-0.2, -0.15) is 0 Å². The summed E-state index contributed by atoms with van der Waals surface area (Å²) < 4.78 is 7.81. The molecule has 3 rings (SSSR count). The number of anilines is 1. The van der Waals surface area contributed by atoms with Gasteiger partial charge in [0.15, 0.2) is 5.16 Å². The van der Waals surface area contributed by atoms with Crippen molar-refractivity contribution in [2.45, 2.75) is 50.9 Å². The fourth-order valence-electron chi connectivity index (χ4n) is 2.91. The third-order valence-electron chi connectivity index (χ3n) is 4.33. The van der Waals surface area contributed by atoms with Crippen molar-refractivity contribution < 1.29 is 9.53 Å². The number of benzene rings is 1. The molecule has 0 saturated carbocycles. The van der Waals surface area contributed by atoms with Crippen molar-refractivity contribution in [1.82, 2.24) is 14.8 Å². The Hall–Kier alpha value is -1.57. The van der Waals surface area contributed by atoms with Crippen LogP contribution in [0.5, 0.6) is 0 Å². The first kappa shape index (κ1) is 19.2. The molecule has 1 atom stereocenters. The van der Waals surface area contributed by atoms with Crippen molar-refractivity contribution in [3.05, 3.63) is 34.6 Å². The van der Waals surface area contributed by atoms with E-state index in [4.69, 9.17) is 16.3 Å². The Morgan fingerprint density at radius 3 is 3.04 bits per heavy atom. The van der Waals surface area contributed by atoms with Crippen LogP contribution in [0.2, 0.25) is 5.02 Å². The number of aromatic nitrogens is 3. The van der Waals surface area contributed by atoms with Crippen molar-refractivity contribution in [2.75, 3.05) is 17.7 Å². The first-order chi connectivity index (χ1) is 12.6. The zero-order valence-electron chi connectivity index (χ0n) is 15.0. The number of hydrogen-bond donors (Lipinski definition) is 1. The lowest BCUT2D eigenvalue weighted by Gasteiger charge is -2.14. The van der Waals surface area contributed by atoms with Gasteiger partial charge in [-0.05, 0) is 37.5 Å². The van der Waals surface area contributed by atoms with E-state index >= 15 is 0 Å². The monoisotopic (exact) mass is 394 g/mol. The maximum atomic E-state index is 12.3. The molecule has 140 valence electrons. The zero-order valence-corrected chi connectivity index (χ0v) is 16.6. The molecular formula is C18H23ClN4O2S.